The van der Waals surface area contributed by atoms with Gasteiger partial charge in [0.25, 0.3) is 11.8 Å². The number of amides is 2. The second-order valence-electron chi connectivity index (χ2n) is 8.76. The third-order valence-corrected chi connectivity index (χ3v) is 6.20. The third-order valence-electron chi connectivity index (χ3n) is 6.20. The monoisotopic (exact) mass is 530 g/mol. The minimum absolute atomic E-state index is 0.0199. The van der Waals surface area contributed by atoms with Crippen LogP contribution in [-0.4, -0.2) is 81.0 Å². The van der Waals surface area contributed by atoms with Gasteiger partial charge in [0, 0.05) is 50.8 Å². The molecule has 1 aromatic carbocycles. The molecule has 38 heavy (non-hydrogen) atoms. The first-order chi connectivity index (χ1) is 18.0. The quantitative estimate of drug-likeness (QED) is 0.443. The summed E-state index contributed by atoms with van der Waals surface area (Å²) in [6, 6.07) is 6.80. The second-order valence-corrected chi connectivity index (χ2v) is 8.76. The number of carbonyl (C=O) groups is 3. The Hall–Kier alpha value is -4.26. The van der Waals surface area contributed by atoms with Crippen molar-refractivity contribution in [2.24, 2.45) is 5.73 Å². The lowest BCUT2D eigenvalue weighted by Crippen LogP contribution is -2.50. The normalized spacial score (nSPS) is 14.4. The van der Waals surface area contributed by atoms with Gasteiger partial charge in [-0.05, 0) is 30.7 Å². The summed E-state index contributed by atoms with van der Waals surface area (Å²) in [5.74, 6) is -1.65. The molecule has 1 aliphatic heterocycles. The van der Waals surface area contributed by atoms with Crippen LogP contribution < -0.4 is 10.5 Å². The summed E-state index contributed by atoms with van der Waals surface area (Å²) in [6.45, 7) is 3.32. The molecule has 3 aromatic rings. The zero-order valence-electron chi connectivity index (χ0n) is 20.4. The molecular formula is C25H25F3N6O4. The number of piperazine rings is 1. The van der Waals surface area contributed by atoms with E-state index in [0.29, 0.717) is 37.4 Å². The van der Waals surface area contributed by atoms with E-state index in [1.165, 1.54) is 42.9 Å². The Morgan fingerprint density at radius 3 is 2.45 bits per heavy atom. The fourth-order valence-electron chi connectivity index (χ4n) is 4.32. The molecule has 0 spiro atoms. The summed E-state index contributed by atoms with van der Waals surface area (Å²) >= 11 is 0. The summed E-state index contributed by atoms with van der Waals surface area (Å²) in [4.78, 5) is 49.3. The Labute approximate surface area is 215 Å². The van der Waals surface area contributed by atoms with Crippen LogP contribution in [0.3, 0.4) is 0 Å². The van der Waals surface area contributed by atoms with Crippen LogP contribution >= 0.6 is 0 Å². The van der Waals surface area contributed by atoms with Crippen molar-refractivity contribution in [2.75, 3.05) is 32.7 Å². The van der Waals surface area contributed by atoms with Gasteiger partial charge in [-0.15, -0.1) is 13.2 Å². The highest BCUT2D eigenvalue weighted by molar-refractivity contribution is 6.01. The van der Waals surface area contributed by atoms with Crippen LogP contribution in [0.25, 0.3) is 0 Å². The topological polar surface area (TPSA) is 124 Å². The van der Waals surface area contributed by atoms with Gasteiger partial charge in [-0.1, -0.05) is 12.1 Å². The maximum absolute atomic E-state index is 13.3. The number of ketones is 1. The lowest BCUT2D eigenvalue weighted by atomic mass is 10.2. The van der Waals surface area contributed by atoms with Crippen LogP contribution in [0.5, 0.6) is 5.75 Å². The molecular weight excluding hydrogens is 505 g/mol. The number of rotatable bonds is 8. The third kappa shape index (κ3) is 6.35. The molecule has 1 fully saturated rings. The number of hydrogen-bond acceptors (Lipinski definition) is 7. The van der Waals surface area contributed by atoms with E-state index in [-0.39, 0.29) is 41.7 Å². The minimum Gasteiger partial charge on any atom is -0.406 e. The lowest BCUT2D eigenvalue weighted by molar-refractivity contribution is -0.274. The summed E-state index contributed by atoms with van der Waals surface area (Å²) < 4.78 is 43.5. The predicted molar refractivity (Wildman–Crippen MR) is 129 cm³/mol. The molecule has 0 aliphatic carbocycles. The molecule has 0 saturated carbocycles. The van der Waals surface area contributed by atoms with Gasteiger partial charge in [-0.25, -0.2) is 4.98 Å². The van der Waals surface area contributed by atoms with Crippen LogP contribution in [0.1, 0.15) is 42.6 Å². The number of Topliss-reactive ketones (excluding diaryl/α,β-unsaturated/α-hetero) is 1. The van der Waals surface area contributed by atoms with E-state index < -0.39 is 18.0 Å². The summed E-state index contributed by atoms with van der Waals surface area (Å²) in [6.07, 6.45) is -0.519. The first-order valence-corrected chi connectivity index (χ1v) is 11.7. The number of aromatic nitrogens is 3. The molecule has 0 bridgehead atoms. The summed E-state index contributed by atoms with van der Waals surface area (Å²) in [5.41, 5.74) is 6.95. The number of halogens is 3. The van der Waals surface area contributed by atoms with Gasteiger partial charge in [0.05, 0.1) is 24.0 Å². The number of benzene rings is 1. The number of ether oxygens (including phenoxy) is 1. The maximum Gasteiger partial charge on any atom is 0.573 e. The number of nitrogens with two attached hydrogens (primary N) is 1. The summed E-state index contributed by atoms with van der Waals surface area (Å²) in [7, 11) is 0. The zero-order valence-corrected chi connectivity index (χ0v) is 20.4. The SMILES string of the molecule is Cc1c(C(N)=O)cc(C(=O)CN2CCN(C(=O)c3cnccn3)CC2)n1Cc1cccc(OC(F)(F)F)c1. The Morgan fingerprint density at radius 1 is 1.08 bits per heavy atom. The van der Waals surface area contributed by atoms with Gasteiger partial charge in [-0.3, -0.25) is 24.3 Å². The standard InChI is InChI=1S/C25H25F3N6O4/c1-16-19(23(29)36)12-21(34(16)14-17-3-2-4-18(11-17)38-25(26,27)28)22(35)15-32-7-9-33(10-8-32)24(37)20-13-30-5-6-31-20/h2-6,11-13H,7-10,14-15H2,1H3,(H2,29,36). The first-order valence-electron chi connectivity index (χ1n) is 11.7. The van der Waals surface area contributed by atoms with Crippen LogP contribution in [0.2, 0.25) is 0 Å². The fourth-order valence-corrected chi connectivity index (χ4v) is 4.32. The van der Waals surface area contributed by atoms with Crippen LogP contribution in [0.4, 0.5) is 13.2 Å². The molecule has 0 atom stereocenters. The highest BCUT2D eigenvalue weighted by Crippen LogP contribution is 2.25. The smallest absolute Gasteiger partial charge is 0.406 e. The highest BCUT2D eigenvalue weighted by atomic mass is 19.4. The van der Waals surface area contributed by atoms with E-state index in [9.17, 15) is 27.6 Å². The van der Waals surface area contributed by atoms with Crippen molar-refractivity contribution in [3.63, 3.8) is 0 Å². The molecule has 2 N–H and O–H groups in total. The number of hydrogen-bond donors (Lipinski definition) is 1. The average Bonchev–Trinajstić information content (AvgIpc) is 3.20. The van der Waals surface area contributed by atoms with Crippen molar-refractivity contribution in [1.82, 2.24) is 24.3 Å². The van der Waals surface area contributed by atoms with Gasteiger partial charge >= 0.3 is 6.36 Å². The van der Waals surface area contributed by atoms with E-state index in [4.69, 9.17) is 5.73 Å². The Morgan fingerprint density at radius 2 is 1.82 bits per heavy atom. The van der Waals surface area contributed by atoms with Crippen molar-refractivity contribution in [3.05, 3.63) is 77.1 Å². The van der Waals surface area contributed by atoms with Gasteiger partial charge in [0.15, 0.2) is 5.78 Å². The van der Waals surface area contributed by atoms with Crippen LogP contribution in [-0.2, 0) is 6.54 Å². The number of alkyl halides is 3. The van der Waals surface area contributed by atoms with Crippen molar-refractivity contribution in [3.8, 4) is 5.75 Å². The Balaban J connectivity index is 1.47. The van der Waals surface area contributed by atoms with Crippen molar-refractivity contribution in [1.29, 1.82) is 0 Å². The minimum atomic E-state index is -4.84. The molecule has 0 unspecified atom stereocenters. The zero-order chi connectivity index (χ0) is 27.4. The fraction of sp³-hybridized carbons (Fsp3) is 0.320. The van der Waals surface area contributed by atoms with Crippen LogP contribution in [0, 0.1) is 6.92 Å². The van der Waals surface area contributed by atoms with E-state index in [1.54, 1.807) is 22.5 Å². The van der Waals surface area contributed by atoms with Gasteiger partial charge in [0.2, 0.25) is 0 Å². The number of nitrogens with zero attached hydrogens (tertiary/aromatic N) is 5. The maximum atomic E-state index is 13.3. The molecule has 0 radical (unpaired) electrons. The van der Waals surface area contributed by atoms with Gasteiger partial charge in [0.1, 0.15) is 11.4 Å². The molecule has 200 valence electrons. The molecule has 2 aromatic heterocycles. The van der Waals surface area contributed by atoms with Gasteiger partial charge in [-0.2, -0.15) is 0 Å². The van der Waals surface area contributed by atoms with Gasteiger partial charge < -0.3 is 19.9 Å². The van der Waals surface area contributed by atoms with Crippen molar-refractivity contribution >= 4 is 17.6 Å². The molecule has 1 aliphatic rings. The predicted octanol–water partition coefficient (Wildman–Crippen LogP) is 2.27. The Bertz CT molecular complexity index is 1330. The van der Waals surface area contributed by atoms with E-state index >= 15 is 0 Å². The highest BCUT2D eigenvalue weighted by Gasteiger charge is 2.31. The van der Waals surface area contributed by atoms with E-state index in [2.05, 4.69) is 14.7 Å². The lowest BCUT2D eigenvalue weighted by Gasteiger charge is -2.34. The first kappa shape index (κ1) is 26.8. The van der Waals surface area contributed by atoms with E-state index in [0.717, 1.165) is 0 Å². The summed E-state index contributed by atoms with van der Waals surface area (Å²) in [5, 5.41) is 0. The molecule has 3 heterocycles. The molecule has 13 heteroatoms. The second kappa shape index (κ2) is 11.0. The largest absolute Gasteiger partial charge is 0.573 e. The average molecular weight is 531 g/mol. The van der Waals surface area contributed by atoms with E-state index in [1.807, 2.05) is 4.90 Å². The number of carbonyl (C=O) groups excluding carboxylic acids is 3. The van der Waals surface area contributed by atoms with Crippen molar-refractivity contribution in [2.45, 2.75) is 19.8 Å². The molecule has 4 rings (SSSR count). The van der Waals surface area contributed by atoms with Crippen LogP contribution in [0.15, 0.2) is 48.9 Å². The molecule has 2 amide bonds. The molecule has 1 saturated heterocycles. The van der Waals surface area contributed by atoms with Crippen molar-refractivity contribution < 1.29 is 32.3 Å². The molecule has 10 nitrogen and oxygen atoms in total. The number of primary amides is 1. The Kier molecular flexibility index (Phi) is 7.76.